The van der Waals surface area contributed by atoms with Crippen molar-refractivity contribution in [1.82, 2.24) is 4.98 Å². The molecule has 21 heavy (non-hydrogen) atoms. The second-order valence-corrected chi connectivity index (χ2v) is 5.85. The van der Waals surface area contributed by atoms with Crippen LogP contribution in [0.3, 0.4) is 0 Å². The fraction of sp³-hybridized carbons (Fsp3) is 0.267. The molecule has 0 amide bonds. The van der Waals surface area contributed by atoms with Crippen molar-refractivity contribution in [2.45, 2.75) is 24.6 Å². The van der Waals surface area contributed by atoms with Crippen LogP contribution < -0.4 is 10.2 Å². The Labute approximate surface area is 129 Å². The third-order valence-corrected chi connectivity index (χ3v) is 4.01. The summed E-state index contributed by atoms with van der Waals surface area (Å²) in [6.07, 6.45) is 0. The molecule has 0 aliphatic heterocycles. The van der Waals surface area contributed by atoms with Crippen molar-refractivity contribution < 1.29 is 14.8 Å². The highest BCUT2D eigenvalue weighted by atomic mass is 32.2. The fourth-order valence-corrected chi connectivity index (χ4v) is 3.11. The molecule has 0 bridgehead atoms. The molecule has 1 heterocycles. The Morgan fingerprint density at radius 2 is 1.95 bits per heavy atom. The molecule has 2 N–H and O–H groups in total. The number of thioether (sulfide) groups is 1. The van der Waals surface area contributed by atoms with Crippen molar-refractivity contribution in [3.8, 4) is 5.75 Å². The molecule has 0 saturated carbocycles. The number of hydrogen-bond donors (Lipinski definition) is 2. The Morgan fingerprint density at radius 1 is 1.19 bits per heavy atom. The van der Waals surface area contributed by atoms with E-state index in [1.807, 2.05) is 26.0 Å². The molecule has 0 atom stereocenters. The Hall–Kier alpha value is -1.50. The molecule has 0 radical (unpaired) electrons. The van der Waals surface area contributed by atoms with E-state index in [0.717, 1.165) is 22.0 Å². The van der Waals surface area contributed by atoms with Gasteiger partial charge >= 0.3 is 7.12 Å². The maximum Gasteiger partial charge on any atom is 0.488 e. The molecule has 0 aliphatic carbocycles. The number of methoxy groups -OCH3 is 1. The molecule has 0 saturated heterocycles. The van der Waals surface area contributed by atoms with Crippen LogP contribution in [0.25, 0.3) is 0 Å². The van der Waals surface area contributed by atoms with Gasteiger partial charge in [0.25, 0.3) is 0 Å². The summed E-state index contributed by atoms with van der Waals surface area (Å²) < 4.78 is 5.32. The van der Waals surface area contributed by atoms with Gasteiger partial charge < -0.3 is 14.8 Å². The predicted octanol–water partition coefficient (Wildman–Crippen LogP) is 1.68. The lowest BCUT2D eigenvalue weighted by Crippen LogP contribution is -2.30. The maximum atomic E-state index is 9.27. The van der Waals surface area contributed by atoms with E-state index < -0.39 is 7.12 Å². The number of hydrogen-bond acceptors (Lipinski definition) is 5. The lowest BCUT2D eigenvalue weighted by molar-refractivity contribution is 0.410. The number of aryl methyl sites for hydroxylation is 2. The average Bonchev–Trinajstić information content (AvgIpc) is 2.43. The molecule has 1 aromatic heterocycles. The smallest absolute Gasteiger partial charge is 0.488 e. The topological polar surface area (TPSA) is 62.6 Å². The molecule has 2 rings (SSSR count). The second kappa shape index (κ2) is 6.98. The minimum Gasteiger partial charge on any atom is -0.496 e. The van der Waals surface area contributed by atoms with Crippen LogP contribution in [-0.2, 0) is 5.75 Å². The van der Waals surface area contributed by atoms with E-state index >= 15 is 0 Å². The Morgan fingerprint density at radius 3 is 2.57 bits per heavy atom. The van der Waals surface area contributed by atoms with E-state index in [0.29, 0.717) is 11.2 Å². The Bertz CT molecular complexity index is 614. The molecule has 4 nitrogen and oxygen atoms in total. The molecule has 0 spiro atoms. The lowest BCUT2D eigenvalue weighted by Gasteiger charge is -2.11. The maximum absolute atomic E-state index is 9.27. The zero-order valence-electron chi connectivity index (χ0n) is 12.3. The predicted molar refractivity (Wildman–Crippen MR) is 86.1 cm³/mol. The number of aromatic nitrogens is 1. The van der Waals surface area contributed by atoms with Crippen LogP contribution in [0.15, 0.2) is 35.4 Å². The summed E-state index contributed by atoms with van der Waals surface area (Å²) in [5.74, 6) is 1.39. The first-order valence-corrected chi connectivity index (χ1v) is 7.59. The average molecular weight is 303 g/mol. The van der Waals surface area contributed by atoms with Crippen molar-refractivity contribution in [2.75, 3.05) is 7.11 Å². The highest BCUT2D eigenvalue weighted by Crippen LogP contribution is 2.27. The van der Waals surface area contributed by atoms with Crippen molar-refractivity contribution in [3.05, 3.63) is 47.2 Å². The Kier molecular flexibility index (Phi) is 5.28. The van der Waals surface area contributed by atoms with Crippen LogP contribution in [0, 0.1) is 13.8 Å². The fourth-order valence-electron chi connectivity index (χ4n) is 2.10. The van der Waals surface area contributed by atoms with E-state index in [9.17, 15) is 10.0 Å². The van der Waals surface area contributed by atoms with E-state index in [4.69, 9.17) is 4.74 Å². The molecule has 0 unspecified atom stereocenters. The van der Waals surface area contributed by atoms with Gasteiger partial charge in [-0.3, -0.25) is 0 Å². The first-order chi connectivity index (χ1) is 9.99. The van der Waals surface area contributed by atoms with E-state index in [1.54, 1.807) is 37.1 Å². The summed E-state index contributed by atoms with van der Waals surface area (Å²) in [5.41, 5.74) is 3.54. The first kappa shape index (κ1) is 15.9. The standard InChI is InChI=1S/C15H18BNO3S/c1-10-6-11(2)17-15(7-10)21-9-12-8-13(16(18)19)4-5-14(12)20-3/h4-8,18-19H,9H2,1-3H3. The van der Waals surface area contributed by atoms with Crippen molar-refractivity contribution in [1.29, 1.82) is 0 Å². The lowest BCUT2D eigenvalue weighted by atomic mass is 9.79. The minimum atomic E-state index is -1.47. The van der Waals surface area contributed by atoms with E-state index in [-0.39, 0.29) is 0 Å². The number of benzene rings is 1. The summed E-state index contributed by atoms with van der Waals surface area (Å²) in [6, 6.07) is 9.22. The number of pyridine rings is 1. The van der Waals surface area contributed by atoms with Gasteiger partial charge in [0.15, 0.2) is 0 Å². The SMILES string of the molecule is COc1ccc(B(O)O)cc1CSc1cc(C)cc(C)n1. The molecule has 0 aliphatic rings. The van der Waals surface area contributed by atoms with Gasteiger partial charge in [-0.25, -0.2) is 4.98 Å². The van der Waals surface area contributed by atoms with Gasteiger partial charge in [-0.05, 0) is 43.1 Å². The highest BCUT2D eigenvalue weighted by molar-refractivity contribution is 7.98. The molecule has 0 fully saturated rings. The quantitative estimate of drug-likeness (QED) is 0.650. The summed E-state index contributed by atoms with van der Waals surface area (Å²) in [4.78, 5) is 4.49. The van der Waals surface area contributed by atoms with Crippen LogP contribution in [-0.4, -0.2) is 29.3 Å². The molecular formula is C15H18BNO3S. The molecular weight excluding hydrogens is 285 g/mol. The van der Waals surface area contributed by atoms with Gasteiger partial charge in [0.1, 0.15) is 5.75 Å². The molecule has 110 valence electrons. The van der Waals surface area contributed by atoms with Gasteiger partial charge in [-0.2, -0.15) is 0 Å². The summed E-state index contributed by atoms with van der Waals surface area (Å²) >= 11 is 1.60. The van der Waals surface area contributed by atoms with Crippen molar-refractivity contribution in [2.24, 2.45) is 0 Å². The first-order valence-electron chi connectivity index (χ1n) is 6.60. The van der Waals surface area contributed by atoms with Gasteiger partial charge in [-0.1, -0.05) is 12.1 Å². The minimum absolute atomic E-state index is 0.458. The highest BCUT2D eigenvalue weighted by Gasteiger charge is 2.14. The number of rotatable bonds is 5. The van der Waals surface area contributed by atoms with Gasteiger partial charge in [0.05, 0.1) is 12.1 Å². The summed E-state index contributed by atoms with van der Waals surface area (Å²) in [6.45, 7) is 4.02. The summed E-state index contributed by atoms with van der Waals surface area (Å²) in [7, 11) is 0.132. The van der Waals surface area contributed by atoms with Gasteiger partial charge in [-0.15, -0.1) is 11.8 Å². The monoisotopic (exact) mass is 303 g/mol. The van der Waals surface area contributed by atoms with Crippen LogP contribution in [0.5, 0.6) is 5.75 Å². The van der Waals surface area contributed by atoms with Gasteiger partial charge in [0, 0.05) is 17.0 Å². The third-order valence-electron chi connectivity index (χ3n) is 3.05. The third kappa shape index (κ3) is 4.23. The largest absolute Gasteiger partial charge is 0.496 e. The zero-order chi connectivity index (χ0) is 15.4. The van der Waals surface area contributed by atoms with Crippen molar-refractivity contribution in [3.63, 3.8) is 0 Å². The van der Waals surface area contributed by atoms with Crippen LogP contribution >= 0.6 is 11.8 Å². The number of ether oxygens (including phenoxy) is 1. The van der Waals surface area contributed by atoms with Crippen molar-refractivity contribution >= 4 is 24.3 Å². The van der Waals surface area contributed by atoms with Crippen LogP contribution in [0.4, 0.5) is 0 Å². The van der Waals surface area contributed by atoms with Crippen LogP contribution in [0.2, 0.25) is 0 Å². The molecule has 6 heteroatoms. The van der Waals surface area contributed by atoms with E-state index in [1.165, 1.54) is 5.56 Å². The molecule has 2 aromatic rings. The number of nitrogens with zero attached hydrogens (tertiary/aromatic N) is 1. The van der Waals surface area contributed by atoms with E-state index in [2.05, 4.69) is 4.98 Å². The Balaban J connectivity index is 2.20. The van der Waals surface area contributed by atoms with Crippen LogP contribution in [0.1, 0.15) is 16.8 Å². The van der Waals surface area contributed by atoms with Gasteiger partial charge in [0.2, 0.25) is 0 Å². The second-order valence-electron chi connectivity index (χ2n) is 4.86. The zero-order valence-corrected chi connectivity index (χ0v) is 13.1. The summed E-state index contributed by atoms with van der Waals surface area (Å²) in [5, 5.41) is 19.5. The molecule has 1 aromatic carbocycles. The normalized spacial score (nSPS) is 10.5.